The number of terminal acetylenes is 1. The van der Waals surface area contributed by atoms with Gasteiger partial charge in [-0.3, -0.25) is 4.90 Å². The maximum atomic E-state index is 10.9. The van der Waals surface area contributed by atoms with Crippen molar-refractivity contribution in [1.82, 2.24) is 9.62 Å². The molecule has 0 amide bonds. The maximum Gasteiger partial charge on any atom is 0.274 e. The van der Waals surface area contributed by atoms with Gasteiger partial charge in [-0.1, -0.05) is 5.92 Å². The molecule has 0 aromatic heterocycles. The molecule has 0 radical (unpaired) electrons. The molecule has 3 N–H and O–H groups in total. The number of hydrogen-bond donors (Lipinski definition) is 2. The van der Waals surface area contributed by atoms with Crippen molar-refractivity contribution in [2.45, 2.75) is 38.3 Å². The number of hydrogen-bond acceptors (Lipinski definition) is 3. The van der Waals surface area contributed by atoms with Gasteiger partial charge >= 0.3 is 0 Å². The minimum atomic E-state index is -3.59. The van der Waals surface area contributed by atoms with E-state index in [1.165, 1.54) is 0 Å². The first-order valence-electron chi connectivity index (χ1n) is 5.27. The molecule has 1 fully saturated rings. The van der Waals surface area contributed by atoms with E-state index >= 15 is 0 Å². The highest BCUT2D eigenvalue weighted by molar-refractivity contribution is 7.87. The fraction of sp³-hybridized carbons (Fsp3) is 0.800. The monoisotopic (exact) mass is 245 g/mol. The Morgan fingerprint density at radius 2 is 1.94 bits per heavy atom. The highest BCUT2D eigenvalue weighted by atomic mass is 32.2. The highest BCUT2D eigenvalue weighted by Crippen LogP contribution is 2.20. The largest absolute Gasteiger partial charge is 0.288 e. The van der Waals surface area contributed by atoms with Gasteiger partial charge in [0.15, 0.2) is 0 Å². The number of nitrogens with one attached hydrogen (secondary N) is 1. The molecule has 1 aliphatic rings. The molecule has 0 aliphatic carbocycles. The highest BCUT2D eigenvalue weighted by Gasteiger charge is 2.29. The van der Waals surface area contributed by atoms with Crippen molar-refractivity contribution in [2.24, 2.45) is 5.14 Å². The van der Waals surface area contributed by atoms with E-state index < -0.39 is 10.2 Å². The Balaban J connectivity index is 2.50. The lowest BCUT2D eigenvalue weighted by Crippen LogP contribution is -2.52. The molecule has 16 heavy (non-hydrogen) atoms. The lowest BCUT2D eigenvalue weighted by atomic mass is 9.98. The smallest absolute Gasteiger partial charge is 0.274 e. The first-order valence-corrected chi connectivity index (χ1v) is 6.82. The van der Waals surface area contributed by atoms with E-state index in [1.807, 2.05) is 13.8 Å². The van der Waals surface area contributed by atoms with Crippen LogP contribution in [0.5, 0.6) is 0 Å². The molecule has 5 nitrogen and oxygen atoms in total. The Morgan fingerprint density at radius 3 is 2.31 bits per heavy atom. The fourth-order valence-electron chi connectivity index (χ4n) is 1.88. The van der Waals surface area contributed by atoms with Crippen LogP contribution in [0.1, 0.15) is 26.7 Å². The van der Waals surface area contributed by atoms with Crippen molar-refractivity contribution in [3.8, 4) is 12.3 Å². The standard InChI is InChI=1S/C10H19N3O2S/c1-4-10(2,3)13-7-5-9(6-8-13)12-16(11,14)15/h1,9,12H,5-8H2,2-3H3,(H2,11,14,15). The Bertz CT molecular complexity index is 375. The van der Waals surface area contributed by atoms with Gasteiger partial charge in [-0.05, 0) is 26.7 Å². The molecule has 0 bridgehead atoms. The summed E-state index contributed by atoms with van der Waals surface area (Å²) in [5.74, 6) is 2.74. The summed E-state index contributed by atoms with van der Waals surface area (Å²) in [7, 11) is -3.59. The minimum absolute atomic E-state index is 0.0696. The molecule has 1 saturated heterocycles. The lowest BCUT2D eigenvalue weighted by Gasteiger charge is -2.39. The molecule has 0 spiro atoms. The molecule has 0 atom stereocenters. The summed E-state index contributed by atoms with van der Waals surface area (Å²) in [5, 5.41) is 4.93. The lowest BCUT2D eigenvalue weighted by molar-refractivity contribution is 0.127. The summed E-state index contributed by atoms with van der Waals surface area (Å²) < 4.78 is 24.1. The molecule has 0 saturated carbocycles. The number of rotatable bonds is 3. The van der Waals surface area contributed by atoms with Crippen LogP contribution < -0.4 is 9.86 Å². The maximum absolute atomic E-state index is 10.9. The van der Waals surface area contributed by atoms with Gasteiger partial charge in [0, 0.05) is 19.1 Å². The van der Waals surface area contributed by atoms with E-state index in [-0.39, 0.29) is 11.6 Å². The number of piperidine rings is 1. The third-order valence-electron chi connectivity index (χ3n) is 2.97. The van der Waals surface area contributed by atoms with Crippen LogP contribution in [0, 0.1) is 12.3 Å². The first-order chi connectivity index (χ1) is 7.24. The van der Waals surface area contributed by atoms with Gasteiger partial charge in [-0.25, -0.2) is 5.14 Å². The van der Waals surface area contributed by atoms with Crippen LogP contribution in [0.15, 0.2) is 0 Å². The predicted octanol–water partition coefficient (Wildman–Crippen LogP) is -0.344. The molecular formula is C10H19N3O2S. The Labute approximate surface area is 97.6 Å². The van der Waals surface area contributed by atoms with Gasteiger partial charge in [0.2, 0.25) is 0 Å². The van der Waals surface area contributed by atoms with E-state index in [0.29, 0.717) is 0 Å². The Hall–Kier alpha value is -0.610. The zero-order chi connectivity index (χ0) is 12.4. The molecule has 0 aromatic carbocycles. The van der Waals surface area contributed by atoms with E-state index in [2.05, 4.69) is 15.5 Å². The number of nitrogens with zero attached hydrogens (tertiary/aromatic N) is 1. The molecular weight excluding hydrogens is 226 g/mol. The zero-order valence-corrected chi connectivity index (χ0v) is 10.5. The summed E-state index contributed by atoms with van der Waals surface area (Å²) in [6, 6.07) is -0.0696. The summed E-state index contributed by atoms with van der Waals surface area (Å²) in [5.41, 5.74) is -0.271. The second-order valence-corrected chi connectivity index (χ2v) is 5.95. The van der Waals surface area contributed by atoms with Crippen molar-refractivity contribution in [2.75, 3.05) is 13.1 Å². The van der Waals surface area contributed by atoms with Gasteiger partial charge in [0.25, 0.3) is 10.2 Å². The SMILES string of the molecule is C#CC(C)(C)N1CCC(NS(N)(=O)=O)CC1. The van der Waals surface area contributed by atoms with Gasteiger partial charge in [0.1, 0.15) is 0 Å². The average molecular weight is 245 g/mol. The average Bonchev–Trinajstić information content (AvgIpc) is 2.16. The van der Waals surface area contributed by atoms with Gasteiger partial charge < -0.3 is 0 Å². The molecule has 1 heterocycles. The number of likely N-dealkylation sites (tertiary alicyclic amines) is 1. The predicted molar refractivity (Wildman–Crippen MR) is 63.7 cm³/mol. The van der Waals surface area contributed by atoms with Crippen LogP contribution in [0.25, 0.3) is 0 Å². The van der Waals surface area contributed by atoms with Crippen LogP contribution in [0.4, 0.5) is 0 Å². The van der Waals surface area contributed by atoms with Gasteiger partial charge in [-0.15, -0.1) is 6.42 Å². The van der Waals surface area contributed by atoms with Crippen LogP contribution in [0.3, 0.4) is 0 Å². The van der Waals surface area contributed by atoms with E-state index in [4.69, 9.17) is 11.6 Å². The molecule has 6 heteroatoms. The summed E-state index contributed by atoms with van der Waals surface area (Å²) in [6.07, 6.45) is 6.93. The second kappa shape index (κ2) is 4.72. The van der Waals surface area contributed by atoms with Crippen LogP contribution in [-0.4, -0.2) is 38.0 Å². The van der Waals surface area contributed by atoms with Crippen LogP contribution in [-0.2, 0) is 10.2 Å². The van der Waals surface area contributed by atoms with Crippen molar-refractivity contribution in [3.05, 3.63) is 0 Å². The van der Waals surface area contributed by atoms with Crippen LogP contribution >= 0.6 is 0 Å². The van der Waals surface area contributed by atoms with E-state index in [0.717, 1.165) is 25.9 Å². The summed E-state index contributed by atoms with van der Waals surface area (Å²) >= 11 is 0. The summed E-state index contributed by atoms with van der Waals surface area (Å²) in [6.45, 7) is 5.54. The van der Waals surface area contributed by atoms with Crippen molar-refractivity contribution >= 4 is 10.2 Å². The van der Waals surface area contributed by atoms with Crippen molar-refractivity contribution in [3.63, 3.8) is 0 Å². The molecule has 1 aliphatic heterocycles. The normalized spacial score (nSPS) is 20.6. The number of nitrogens with two attached hydrogens (primary N) is 1. The third-order valence-corrected chi connectivity index (χ3v) is 3.63. The van der Waals surface area contributed by atoms with E-state index in [9.17, 15) is 8.42 Å². The Morgan fingerprint density at radius 1 is 1.44 bits per heavy atom. The second-order valence-electron chi connectivity index (χ2n) is 4.63. The first kappa shape index (κ1) is 13.5. The Kier molecular flexibility index (Phi) is 3.97. The summed E-state index contributed by atoms with van der Waals surface area (Å²) in [4.78, 5) is 2.17. The quantitative estimate of drug-likeness (QED) is 0.668. The van der Waals surface area contributed by atoms with Gasteiger partial charge in [-0.2, -0.15) is 13.1 Å². The topological polar surface area (TPSA) is 75.4 Å². The zero-order valence-electron chi connectivity index (χ0n) is 9.73. The van der Waals surface area contributed by atoms with E-state index in [1.54, 1.807) is 0 Å². The fourth-order valence-corrected chi connectivity index (χ4v) is 2.58. The van der Waals surface area contributed by atoms with Crippen molar-refractivity contribution in [1.29, 1.82) is 0 Å². The molecule has 1 rings (SSSR count). The molecule has 0 unspecified atom stereocenters. The van der Waals surface area contributed by atoms with Gasteiger partial charge in [0.05, 0.1) is 5.54 Å². The molecule has 92 valence electrons. The third kappa shape index (κ3) is 3.76. The minimum Gasteiger partial charge on any atom is -0.288 e. The van der Waals surface area contributed by atoms with Crippen molar-refractivity contribution < 1.29 is 8.42 Å². The molecule has 0 aromatic rings. The van der Waals surface area contributed by atoms with Crippen LogP contribution in [0.2, 0.25) is 0 Å².